The maximum absolute atomic E-state index is 6.04. The van der Waals surface area contributed by atoms with Gasteiger partial charge < -0.3 is 5.73 Å². The molecule has 0 fully saturated rings. The van der Waals surface area contributed by atoms with E-state index < -0.39 is 0 Å². The average molecular weight is 330 g/mol. The highest BCUT2D eigenvalue weighted by atomic mass is 79.9. The van der Waals surface area contributed by atoms with Gasteiger partial charge in [0.15, 0.2) is 5.16 Å². The van der Waals surface area contributed by atoms with Crippen LogP contribution in [-0.4, -0.2) is 16.0 Å². The molecule has 6 heteroatoms. The van der Waals surface area contributed by atoms with E-state index in [4.69, 9.17) is 5.73 Å². The van der Waals surface area contributed by atoms with Crippen LogP contribution in [0.3, 0.4) is 0 Å². The molecule has 0 spiro atoms. The van der Waals surface area contributed by atoms with E-state index in [1.165, 1.54) is 4.88 Å². The van der Waals surface area contributed by atoms with Crippen molar-refractivity contribution in [2.24, 2.45) is 5.73 Å². The fourth-order valence-electron chi connectivity index (χ4n) is 1.37. The zero-order valence-corrected chi connectivity index (χ0v) is 12.4. The van der Waals surface area contributed by atoms with Crippen LogP contribution in [0.15, 0.2) is 39.5 Å². The molecule has 0 aliphatic carbocycles. The Kier molecular flexibility index (Phi) is 4.55. The quantitative estimate of drug-likeness (QED) is 0.689. The minimum atomic E-state index is 0.0503. The number of aromatic nitrogens is 2. The summed E-state index contributed by atoms with van der Waals surface area (Å²) in [7, 11) is 0. The maximum atomic E-state index is 6.04. The summed E-state index contributed by atoms with van der Waals surface area (Å²) in [5.41, 5.74) is 6.04. The van der Waals surface area contributed by atoms with E-state index in [1.54, 1.807) is 35.5 Å². The lowest BCUT2D eigenvalue weighted by Gasteiger charge is -2.17. The second-order valence-electron chi connectivity index (χ2n) is 3.57. The summed E-state index contributed by atoms with van der Waals surface area (Å²) in [4.78, 5) is 9.69. The van der Waals surface area contributed by atoms with Crippen molar-refractivity contribution in [3.63, 3.8) is 0 Å². The van der Waals surface area contributed by atoms with Crippen molar-refractivity contribution in [3.05, 3.63) is 39.3 Å². The molecule has 0 radical (unpaired) electrons. The predicted octanol–water partition coefficient (Wildman–Crippen LogP) is 3.48. The molecule has 2 heterocycles. The maximum Gasteiger partial charge on any atom is 0.188 e. The number of hydrogen-bond acceptors (Lipinski definition) is 5. The van der Waals surface area contributed by atoms with Crippen molar-refractivity contribution in [2.75, 3.05) is 0 Å². The highest BCUT2D eigenvalue weighted by Gasteiger charge is 2.20. The van der Waals surface area contributed by atoms with E-state index in [1.807, 2.05) is 19.1 Å². The number of halogens is 1. The first kappa shape index (κ1) is 13.0. The van der Waals surface area contributed by atoms with Crippen molar-refractivity contribution < 1.29 is 0 Å². The van der Waals surface area contributed by atoms with Crippen molar-refractivity contribution >= 4 is 39.0 Å². The Bertz CT molecular complexity index is 473. The summed E-state index contributed by atoms with van der Waals surface area (Å²) >= 11 is 6.78. The molecule has 2 N–H and O–H groups in total. The van der Waals surface area contributed by atoms with Crippen molar-refractivity contribution in [3.8, 4) is 0 Å². The summed E-state index contributed by atoms with van der Waals surface area (Å²) in [6.07, 6.45) is 3.50. The molecule has 17 heavy (non-hydrogen) atoms. The molecule has 2 rings (SSSR count). The molecule has 0 aliphatic rings. The van der Waals surface area contributed by atoms with Crippen LogP contribution >= 0.6 is 39.0 Å². The largest absolute Gasteiger partial charge is 0.327 e. The fraction of sp³-hybridized carbons (Fsp3) is 0.273. The normalized spacial score (nSPS) is 14.5. The van der Waals surface area contributed by atoms with Gasteiger partial charge in [0.1, 0.15) is 0 Å². The van der Waals surface area contributed by atoms with Crippen LogP contribution in [-0.2, 0) is 0 Å². The van der Waals surface area contributed by atoms with E-state index in [0.29, 0.717) is 0 Å². The summed E-state index contributed by atoms with van der Waals surface area (Å²) in [6, 6.07) is 6.00. The molecule has 0 bridgehead atoms. The van der Waals surface area contributed by atoms with Gasteiger partial charge in [-0.05, 0) is 41.1 Å². The van der Waals surface area contributed by atoms with Gasteiger partial charge in [-0.1, -0.05) is 11.8 Å². The van der Waals surface area contributed by atoms with Gasteiger partial charge in [0, 0.05) is 23.3 Å². The van der Waals surface area contributed by atoms with E-state index in [9.17, 15) is 0 Å². The summed E-state index contributed by atoms with van der Waals surface area (Å²) in [5, 5.41) is 0.952. The summed E-state index contributed by atoms with van der Waals surface area (Å²) in [6.45, 7) is 2.01. The van der Waals surface area contributed by atoms with Crippen molar-refractivity contribution in [2.45, 2.75) is 23.4 Å². The Labute approximate surface area is 117 Å². The first-order chi connectivity index (χ1) is 8.16. The molecule has 2 aromatic rings. The van der Waals surface area contributed by atoms with Crippen LogP contribution in [0, 0.1) is 0 Å². The highest BCUT2D eigenvalue weighted by molar-refractivity contribution is 9.11. The molecule has 2 unspecified atom stereocenters. The Morgan fingerprint density at radius 3 is 2.59 bits per heavy atom. The number of thiophene rings is 1. The third-order valence-electron chi connectivity index (χ3n) is 2.13. The zero-order chi connectivity index (χ0) is 12.3. The average Bonchev–Trinajstić information content (AvgIpc) is 2.73. The van der Waals surface area contributed by atoms with Crippen LogP contribution in [0.25, 0.3) is 0 Å². The molecule has 0 amide bonds. The van der Waals surface area contributed by atoms with Gasteiger partial charge in [0.25, 0.3) is 0 Å². The lowest BCUT2D eigenvalue weighted by Crippen LogP contribution is -2.22. The van der Waals surface area contributed by atoms with Crippen LogP contribution in [0.1, 0.15) is 17.1 Å². The first-order valence-electron chi connectivity index (χ1n) is 5.11. The topological polar surface area (TPSA) is 51.8 Å². The third kappa shape index (κ3) is 3.51. The molecule has 3 nitrogen and oxygen atoms in total. The van der Waals surface area contributed by atoms with Crippen molar-refractivity contribution in [1.82, 2.24) is 9.97 Å². The van der Waals surface area contributed by atoms with Gasteiger partial charge in [0.05, 0.1) is 9.04 Å². The van der Waals surface area contributed by atoms with Crippen LogP contribution in [0.4, 0.5) is 0 Å². The monoisotopic (exact) mass is 329 g/mol. The van der Waals surface area contributed by atoms with E-state index >= 15 is 0 Å². The second-order valence-corrected chi connectivity index (χ2v) is 7.17. The summed E-state index contributed by atoms with van der Waals surface area (Å²) in [5.74, 6) is 0. The molecular formula is C11H12BrN3S2. The number of rotatable bonds is 4. The first-order valence-corrected chi connectivity index (χ1v) is 7.60. The molecule has 2 atom stereocenters. The Morgan fingerprint density at radius 2 is 2.06 bits per heavy atom. The molecule has 0 saturated heterocycles. The molecule has 0 aliphatic heterocycles. The molecule has 90 valence electrons. The smallest absolute Gasteiger partial charge is 0.188 e. The highest BCUT2D eigenvalue weighted by Crippen LogP contribution is 2.39. The van der Waals surface area contributed by atoms with Crippen LogP contribution in [0.5, 0.6) is 0 Å². The van der Waals surface area contributed by atoms with Gasteiger partial charge in [-0.15, -0.1) is 11.3 Å². The van der Waals surface area contributed by atoms with Gasteiger partial charge in [-0.3, -0.25) is 0 Å². The number of nitrogens with zero attached hydrogens (tertiary/aromatic N) is 2. The van der Waals surface area contributed by atoms with Gasteiger partial charge in [-0.25, -0.2) is 9.97 Å². The van der Waals surface area contributed by atoms with Crippen molar-refractivity contribution in [1.29, 1.82) is 0 Å². The molecular weight excluding hydrogens is 318 g/mol. The third-order valence-corrected chi connectivity index (χ3v) is 5.34. The Morgan fingerprint density at radius 1 is 1.35 bits per heavy atom. The van der Waals surface area contributed by atoms with E-state index in [-0.39, 0.29) is 11.3 Å². The Hall–Kier alpha value is -0.430. The number of hydrogen-bond donors (Lipinski definition) is 1. The SMILES string of the molecule is CC(N)C(Sc1ncccn1)c1ccc(Br)s1. The minimum absolute atomic E-state index is 0.0503. The minimum Gasteiger partial charge on any atom is -0.327 e. The number of nitrogens with two attached hydrogens (primary N) is 1. The number of thioether (sulfide) groups is 1. The fourth-order valence-corrected chi connectivity index (χ4v) is 4.06. The van der Waals surface area contributed by atoms with Crippen LogP contribution < -0.4 is 5.73 Å². The van der Waals surface area contributed by atoms with Gasteiger partial charge in [-0.2, -0.15) is 0 Å². The lowest BCUT2D eigenvalue weighted by atomic mass is 10.2. The standard InChI is InChI=1S/C11H12BrN3S2/c1-7(13)10(8-3-4-9(12)16-8)17-11-14-5-2-6-15-11/h2-7,10H,13H2,1H3. The van der Waals surface area contributed by atoms with Gasteiger partial charge in [0.2, 0.25) is 0 Å². The van der Waals surface area contributed by atoms with Crippen LogP contribution in [0.2, 0.25) is 0 Å². The molecule has 0 saturated carbocycles. The van der Waals surface area contributed by atoms with E-state index in [0.717, 1.165) is 8.94 Å². The molecule has 2 aromatic heterocycles. The van der Waals surface area contributed by atoms with E-state index in [2.05, 4.69) is 32.0 Å². The lowest BCUT2D eigenvalue weighted by molar-refractivity contribution is 0.726. The molecule has 0 aromatic carbocycles. The Balaban J connectivity index is 2.19. The van der Waals surface area contributed by atoms with Gasteiger partial charge >= 0.3 is 0 Å². The summed E-state index contributed by atoms with van der Waals surface area (Å²) < 4.78 is 1.12. The zero-order valence-electron chi connectivity index (χ0n) is 9.21. The second kappa shape index (κ2) is 5.95. The predicted molar refractivity (Wildman–Crippen MR) is 76.3 cm³/mol.